The van der Waals surface area contributed by atoms with Gasteiger partial charge in [-0.1, -0.05) is 12.2 Å². The predicted octanol–water partition coefficient (Wildman–Crippen LogP) is 0.921. The van der Waals surface area contributed by atoms with Gasteiger partial charge < -0.3 is 15.0 Å². The number of carbonyl (C=O) groups is 4. The maximum Gasteiger partial charge on any atom is 0.409 e. The highest BCUT2D eigenvalue weighted by atomic mass is 16.6. The zero-order chi connectivity index (χ0) is 19.8. The third-order valence-corrected chi connectivity index (χ3v) is 6.51. The standard InChI is InChI=1S/C20H27N3O5/c1-2-28-20(27)22-8-5-14(6-9-22)21-15(24)7-10-23-18(25)16-12-3-4-13(11-12)17(16)19(23)26/h3-4,12-14,16-17H,2,5-11H2,1H3,(H,21,24)/t12-,13-,16-,17-/m0/s1. The van der Waals surface area contributed by atoms with Gasteiger partial charge in [0.25, 0.3) is 0 Å². The van der Waals surface area contributed by atoms with Crippen molar-refractivity contribution in [1.82, 2.24) is 15.1 Å². The van der Waals surface area contributed by atoms with Crippen molar-refractivity contribution in [2.24, 2.45) is 23.7 Å². The lowest BCUT2D eigenvalue weighted by Gasteiger charge is -2.31. The molecule has 8 heteroatoms. The van der Waals surface area contributed by atoms with E-state index in [9.17, 15) is 19.2 Å². The van der Waals surface area contributed by atoms with E-state index in [1.807, 2.05) is 0 Å². The predicted molar refractivity (Wildman–Crippen MR) is 98.8 cm³/mol. The van der Waals surface area contributed by atoms with E-state index in [4.69, 9.17) is 4.74 Å². The van der Waals surface area contributed by atoms with Crippen molar-refractivity contribution < 1.29 is 23.9 Å². The van der Waals surface area contributed by atoms with Crippen molar-refractivity contribution in [2.45, 2.75) is 38.6 Å². The SMILES string of the molecule is CCOC(=O)N1CCC(NC(=O)CCN2C(=O)[C@@H]3[C@@H](C2=O)[C@H]2C=C[C@H]3C2)CC1. The number of imide groups is 1. The molecule has 2 bridgehead atoms. The van der Waals surface area contributed by atoms with Crippen LogP contribution < -0.4 is 5.32 Å². The van der Waals surface area contributed by atoms with Gasteiger partial charge in [0.2, 0.25) is 17.7 Å². The second kappa shape index (κ2) is 7.56. The highest BCUT2D eigenvalue weighted by Gasteiger charge is 2.59. The minimum atomic E-state index is -0.313. The first kappa shape index (κ1) is 19.0. The van der Waals surface area contributed by atoms with Crippen LogP contribution >= 0.6 is 0 Å². The van der Waals surface area contributed by atoms with Crippen LogP contribution in [0.4, 0.5) is 4.79 Å². The molecular weight excluding hydrogens is 362 g/mol. The van der Waals surface area contributed by atoms with Crippen molar-refractivity contribution in [3.05, 3.63) is 12.2 Å². The minimum Gasteiger partial charge on any atom is -0.450 e. The molecule has 152 valence electrons. The molecule has 4 aliphatic rings. The first-order chi connectivity index (χ1) is 13.5. The van der Waals surface area contributed by atoms with E-state index in [1.165, 1.54) is 4.90 Å². The number of likely N-dealkylation sites (tertiary alicyclic amines) is 2. The monoisotopic (exact) mass is 389 g/mol. The summed E-state index contributed by atoms with van der Waals surface area (Å²) in [5.41, 5.74) is 0. The number of hydrogen-bond donors (Lipinski definition) is 1. The molecule has 1 N–H and O–H groups in total. The van der Waals surface area contributed by atoms with E-state index in [-0.39, 0.29) is 66.5 Å². The number of fused-ring (bicyclic) bond motifs is 5. The lowest BCUT2D eigenvalue weighted by atomic mass is 9.85. The van der Waals surface area contributed by atoms with Gasteiger partial charge in [-0.3, -0.25) is 19.3 Å². The van der Waals surface area contributed by atoms with E-state index >= 15 is 0 Å². The fourth-order valence-electron chi connectivity index (χ4n) is 5.12. The first-order valence-electron chi connectivity index (χ1n) is 10.2. The minimum absolute atomic E-state index is 0.00239. The number of nitrogens with zero attached hydrogens (tertiary/aromatic N) is 2. The van der Waals surface area contributed by atoms with E-state index in [0.717, 1.165) is 6.42 Å². The fraction of sp³-hybridized carbons (Fsp3) is 0.700. The Morgan fingerprint density at radius 3 is 2.29 bits per heavy atom. The Hall–Kier alpha value is -2.38. The molecule has 3 fully saturated rings. The third-order valence-electron chi connectivity index (χ3n) is 6.51. The summed E-state index contributed by atoms with van der Waals surface area (Å²) in [5, 5.41) is 2.96. The molecule has 2 aliphatic heterocycles. The molecule has 2 saturated heterocycles. The van der Waals surface area contributed by atoms with Gasteiger partial charge in [0.05, 0.1) is 18.4 Å². The van der Waals surface area contributed by atoms with Crippen molar-refractivity contribution in [1.29, 1.82) is 0 Å². The summed E-state index contributed by atoms with van der Waals surface area (Å²) in [4.78, 5) is 52.2. The Bertz CT molecular complexity index is 683. The average molecular weight is 389 g/mol. The third kappa shape index (κ3) is 3.29. The molecule has 0 aromatic carbocycles. The summed E-state index contributed by atoms with van der Waals surface area (Å²) in [6.45, 7) is 3.37. The Kier molecular flexibility index (Phi) is 5.12. The van der Waals surface area contributed by atoms with E-state index in [2.05, 4.69) is 17.5 Å². The number of amides is 4. The summed E-state index contributed by atoms with van der Waals surface area (Å²) in [6.07, 6.45) is 6.19. The first-order valence-corrected chi connectivity index (χ1v) is 10.2. The maximum atomic E-state index is 12.6. The molecule has 0 aromatic rings. The number of nitrogens with one attached hydrogen (secondary N) is 1. The zero-order valence-corrected chi connectivity index (χ0v) is 16.1. The Labute approximate surface area is 164 Å². The fourth-order valence-corrected chi connectivity index (χ4v) is 5.12. The van der Waals surface area contributed by atoms with Crippen LogP contribution in [0, 0.1) is 23.7 Å². The number of piperidine rings is 1. The largest absolute Gasteiger partial charge is 0.450 e. The van der Waals surface area contributed by atoms with Gasteiger partial charge in [-0.2, -0.15) is 0 Å². The molecule has 2 heterocycles. The smallest absolute Gasteiger partial charge is 0.409 e. The highest BCUT2D eigenvalue weighted by molar-refractivity contribution is 6.06. The Morgan fingerprint density at radius 1 is 1.11 bits per heavy atom. The molecule has 0 unspecified atom stereocenters. The van der Waals surface area contributed by atoms with Crippen LogP contribution in [0.1, 0.15) is 32.6 Å². The topological polar surface area (TPSA) is 96.0 Å². The van der Waals surface area contributed by atoms with Crippen LogP contribution in [0.2, 0.25) is 0 Å². The van der Waals surface area contributed by atoms with Crippen LogP contribution in [0.25, 0.3) is 0 Å². The van der Waals surface area contributed by atoms with Crippen molar-refractivity contribution in [3.8, 4) is 0 Å². The second-order valence-electron chi connectivity index (χ2n) is 8.11. The summed E-state index contributed by atoms with van der Waals surface area (Å²) in [7, 11) is 0. The average Bonchev–Trinajstić information content (AvgIpc) is 3.35. The van der Waals surface area contributed by atoms with Gasteiger partial charge in [0.1, 0.15) is 0 Å². The van der Waals surface area contributed by atoms with Gasteiger partial charge in [-0.05, 0) is 38.0 Å². The summed E-state index contributed by atoms with van der Waals surface area (Å²) in [6, 6.07) is 0.00239. The molecular formula is C20H27N3O5. The molecule has 4 rings (SSSR count). The van der Waals surface area contributed by atoms with Gasteiger partial charge in [-0.15, -0.1) is 0 Å². The number of hydrogen-bond acceptors (Lipinski definition) is 5. The quantitative estimate of drug-likeness (QED) is 0.557. The molecule has 1 saturated carbocycles. The molecule has 4 atom stereocenters. The molecule has 0 spiro atoms. The zero-order valence-electron chi connectivity index (χ0n) is 16.1. The number of rotatable bonds is 5. The Morgan fingerprint density at radius 2 is 1.71 bits per heavy atom. The van der Waals surface area contributed by atoms with Crippen molar-refractivity contribution in [3.63, 3.8) is 0 Å². The maximum absolute atomic E-state index is 12.6. The highest BCUT2D eigenvalue weighted by Crippen LogP contribution is 2.52. The van der Waals surface area contributed by atoms with E-state index in [1.54, 1.807) is 11.8 Å². The second-order valence-corrected chi connectivity index (χ2v) is 8.11. The normalized spacial score (nSPS) is 31.5. The molecule has 28 heavy (non-hydrogen) atoms. The number of allylic oxidation sites excluding steroid dienone is 2. The van der Waals surface area contributed by atoms with Gasteiger partial charge in [0, 0.05) is 32.1 Å². The van der Waals surface area contributed by atoms with Crippen LogP contribution in [0.5, 0.6) is 0 Å². The molecule has 4 amide bonds. The number of carbonyl (C=O) groups excluding carboxylic acids is 4. The number of ether oxygens (including phenoxy) is 1. The van der Waals surface area contributed by atoms with Crippen molar-refractivity contribution >= 4 is 23.8 Å². The van der Waals surface area contributed by atoms with Crippen LogP contribution in [-0.2, 0) is 19.1 Å². The Balaban J connectivity index is 1.22. The van der Waals surface area contributed by atoms with Crippen LogP contribution in [0.3, 0.4) is 0 Å². The molecule has 0 radical (unpaired) electrons. The summed E-state index contributed by atoms with van der Waals surface area (Å²) >= 11 is 0. The van der Waals surface area contributed by atoms with E-state index < -0.39 is 0 Å². The van der Waals surface area contributed by atoms with E-state index in [0.29, 0.717) is 32.5 Å². The lowest BCUT2D eigenvalue weighted by Crippen LogP contribution is -2.47. The van der Waals surface area contributed by atoms with Crippen LogP contribution in [0.15, 0.2) is 12.2 Å². The summed E-state index contributed by atoms with van der Waals surface area (Å²) in [5.74, 6) is -0.418. The molecule has 0 aromatic heterocycles. The lowest BCUT2D eigenvalue weighted by molar-refractivity contribution is -0.141. The molecule has 2 aliphatic carbocycles. The molecule has 8 nitrogen and oxygen atoms in total. The van der Waals surface area contributed by atoms with Gasteiger partial charge in [-0.25, -0.2) is 4.79 Å². The van der Waals surface area contributed by atoms with Crippen LogP contribution in [-0.4, -0.2) is 65.9 Å². The summed E-state index contributed by atoms with van der Waals surface area (Å²) < 4.78 is 4.99. The van der Waals surface area contributed by atoms with Crippen molar-refractivity contribution in [2.75, 3.05) is 26.2 Å². The van der Waals surface area contributed by atoms with Gasteiger partial charge in [0.15, 0.2) is 0 Å². The van der Waals surface area contributed by atoms with Gasteiger partial charge >= 0.3 is 6.09 Å².